The Morgan fingerprint density at radius 3 is 2.68 bits per heavy atom. The molecule has 2 aromatic heterocycles. The van der Waals surface area contributed by atoms with Crippen LogP contribution in [0.15, 0.2) is 48.7 Å². The molecule has 0 aliphatic heterocycles. The summed E-state index contributed by atoms with van der Waals surface area (Å²) in [5, 5.41) is 17.2. The van der Waals surface area contributed by atoms with Crippen molar-refractivity contribution in [1.82, 2.24) is 30.5 Å². The van der Waals surface area contributed by atoms with Gasteiger partial charge in [0.25, 0.3) is 0 Å². The molecule has 0 spiro atoms. The van der Waals surface area contributed by atoms with Crippen molar-refractivity contribution in [2.75, 3.05) is 12.4 Å². The number of hydrogen-bond donors (Lipinski definition) is 2. The zero-order chi connectivity index (χ0) is 17.6. The monoisotopic (exact) mass is 339 g/mol. The highest BCUT2D eigenvalue weighted by Crippen LogP contribution is 2.14. The van der Waals surface area contributed by atoms with Crippen LogP contribution in [0.5, 0.6) is 5.88 Å². The summed E-state index contributed by atoms with van der Waals surface area (Å²) in [5.74, 6) is 0.996. The molecule has 9 nitrogen and oxygen atoms in total. The summed E-state index contributed by atoms with van der Waals surface area (Å²) in [5.41, 5.74) is 1.36. The minimum absolute atomic E-state index is 0.387. The molecule has 0 aliphatic rings. The fourth-order valence-corrected chi connectivity index (χ4v) is 2.22. The molecule has 0 aliphatic carbocycles. The van der Waals surface area contributed by atoms with Crippen molar-refractivity contribution in [3.05, 3.63) is 54.5 Å². The summed E-state index contributed by atoms with van der Waals surface area (Å²) in [7, 11) is 1.53. The third-order valence-corrected chi connectivity index (χ3v) is 3.43. The predicted molar refractivity (Wildman–Crippen MR) is 90.5 cm³/mol. The molecule has 1 unspecified atom stereocenters. The van der Waals surface area contributed by atoms with Gasteiger partial charge in [-0.2, -0.15) is 4.68 Å². The van der Waals surface area contributed by atoms with Crippen molar-refractivity contribution in [3.8, 4) is 11.6 Å². The first kappa shape index (κ1) is 16.4. The van der Waals surface area contributed by atoms with Crippen LogP contribution in [0.25, 0.3) is 5.69 Å². The number of amides is 2. The average Bonchev–Trinajstić information content (AvgIpc) is 3.13. The Kier molecular flexibility index (Phi) is 4.84. The smallest absolute Gasteiger partial charge is 0.319 e. The van der Waals surface area contributed by atoms with Crippen LogP contribution in [0.4, 0.5) is 10.5 Å². The van der Waals surface area contributed by atoms with E-state index in [1.165, 1.54) is 13.3 Å². The van der Waals surface area contributed by atoms with Crippen LogP contribution in [0.1, 0.15) is 18.8 Å². The lowest BCUT2D eigenvalue weighted by Crippen LogP contribution is -2.32. The second-order valence-corrected chi connectivity index (χ2v) is 5.19. The summed E-state index contributed by atoms with van der Waals surface area (Å²) in [4.78, 5) is 16.2. The number of carbonyl (C=O) groups is 1. The van der Waals surface area contributed by atoms with Gasteiger partial charge >= 0.3 is 6.03 Å². The Morgan fingerprint density at radius 1 is 1.20 bits per heavy atom. The van der Waals surface area contributed by atoms with Gasteiger partial charge in [-0.1, -0.05) is 18.2 Å². The Hall–Kier alpha value is -3.49. The zero-order valence-corrected chi connectivity index (χ0v) is 13.7. The van der Waals surface area contributed by atoms with Crippen molar-refractivity contribution in [2.24, 2.45) is 0 Å². The van der Waals surface area contributed by atoms with Crippen LogP contribution in [0, 0.1) is 0 Å². The van der Waals surface area contributed by atoms with Gasteiger partial charge in [0.2, 0.25) is 5.88 Å². The number of pyridine rings is 1. The number of ether oxygens (including phenoxy) is 1. The number of benzene rings is 1. The van der Waals surface area contributed by atoms with Crippen LogP contribution in [0.3, 0.4) is 0 Å². The summed E-state index contributed by atoms with van der Waals surface area (Å²) >= 11 is 0. The summed E-state index contributed by atoms with van der Waals surface area (Å²) in [6, 6.07) is 12.0. The normalized spacial score (nSPS) is 11.6. The minimum atomic E-state index is -0.401. The second-order valence-electron chi connectivity index (χ2n) is 5.19. The van der Waals surface area contributed by atoms with Crippen molar-refractivity contribution >= 4 is 11.7 Å². The van der Waals surface area contributed by atoms with E-state index in [2.05, 4.69) is 31.1 Å². The van der Waals surface area contributed by atoms with E-state index in [9.17, 15) is 4.79 Å². The van der Waals surface area contributed by atoms with Crippen molar-refractivity contribution < 1.29 is 9.53 Å². The molecule has 0 fully saturated rings. The van der Waals surface area contributed by atoms with Gasteiger partial charge in [0, 0.05) is 6.07 Å². The number of methoxy groups -OCH3 is 1. The molecule has 128 valence electrons. The Balaban J connectivity index is 1.67. The number of anilines is 1. The number of carbonyl (C=O) groups excluding carboxylic acids is 1. The maximum atomic E-state index is 12.2. The van der Waals surface area contributed by atoms with E-state index in [1.807, 2.05) is 30.3 Å². The van der Waals surface area contributed by atoms with Gasteiger partial charge < -0.3 is 15.4 Å². The number of rotatable bonds is 5. The molecule has 2 heterocycles. The number of urea groups is 1. The lowest BCUT2D eigenvalue weighted by molar-refractivity contribution is 0.248. The fourth-order valence-electron chi connectivity index (χ4n) is 2.22. The summed E-state index contributed by atoms with van der Waals surface area (Å²) in [6.45, 7) is 1.80. The number of nitrogens with one attached hydrogen (secondary N) is 2. The molecule has 3 rings (SSSR count). The van der Waals surface area contributed by atoms with Gasteiger partial charge in [0.05, 0.1) is 30.7 Å². The number of aromatic nitrogens is 5. The summed E-state index contributed by atoms with van der Waals surface area (Å²) in [6.07, 6.45) is 1.51. The van der Waals surface area contributed by atoms with Crippen LogP contribution < -0.4 is 15.4 Å². The first-order chi connectivity index (χ1) is 12.2. The lowest BCUT2D eigenvalue weighted by atomic mass is 10.3. The van der Waals surface area contributed by atoms with E-state index in [0.717, 1.165) is 5.69 Å². The van der Waals surface area contributed by atoms with E-state index in [-0.39, 0.29) is 6.03 Å². The molecule has 0 saturated heterocycles. The topological polar surface area (TPSA) is 107 Å². The molecule has 1 atom stereocenters. The molecule has 25 heavy (non-hydrogen) atoms. The molecular weight excluding hydrogens is 322 g/mol. The summed E-state index contributed by atoms with van der Waals surface area (Å²) < 4.78 is 6.56. The Labute approximate surface area is 144 Å². The van der Waals surface area contributed by atoms with Crippen LogP contribution in [-0.2, 0) is 0 Å². The molecule has 2 N–H and O–H groups in total. The number of nitrogens with zero attached hydrogens (tertiary/aromatic N) is 5. The van der Waals surface area contributed by atoms with E-state index < -0.39 is 6.04 Å². The maximum Gasteiger partial charge on any atom is 0.319 e. The minimum Gasteiger partial charge on any atom is -0.481 e. The van der Waals surface area contributed by atoms with E-state index >= 15 is 0 Å². The molecule has 0 bridgehead atoms. The average molecular weight is 339 g/mol. The zero-order valence-electron chi connectivity index (χ0n) is 13.7. The van der Waals surface area contributed by atoms with Crippen LogP contribution in [-0.4, -0.2) is 38.3 Å². The highest BCUT2D eigenvalue weighted by Gasteiger charge is 2.17. The predicted octanol–water partition coefficient (Wildman–Crippen LogP) is 1.95. The number of tetrazole rings is 1. The van der Waals surface area contributed by atoms with Crippen molar-refractivity contribution in [2.45, 2.75) is 13.0 Å². The highest BCUT2D eigenvalue weighted by molar-refractivity contribution is 5.89. The van der Waals surface area contributed by atoms with E-state index in [4.69, 9.17) is 4.74 Å². The molecule has 9 heteroatoms. The molecular formula is C16H17N7O2. The standard InChI is InChI=1S/C16H17N7O2/c1-11(15-20-21-22-23(15)13-6-4-3-5-7-13)18-16(24)19-12-8-9-14(25-2)17-10-12/h3-11H,1-2H3,(H2,18,19,24). The van der Waals surface area contributed by atoms with Gasteiger partial charge in [0.15, 0.2) is 5.82 Å². The van der Waals surface area contributed by atoms with Crippen molar-refractivity contribution in [1.29, 1.82) is 0 Å². The first-order valence-corrected chi connectivity index (χ1v) is 7.58. The Morgan fingerprint density at radius 2 is 2.00 bits per heavy atom. The first-order valence-electron chi connectivity index (χ1n) is 7.58. The van der Waals surface area contributed by atoms with E-state index in [0.29, 0.717) is 17.4 Å². The number of hydrogen-bond acceptors (Lipinski definition) is 6. The molecule has 3 aromatic rings. The molecule has 1 aromatic carbocycles. The molecule has 0 saturated carbocycles. The second kappa shape index (κ2) is 7.39. The Bertz CT molecular complexity index is 833. The van der Waals surface area contributed by atoms with Gasteiger partial charge in [-0.15, -0.1) is 5.10 Å². The largest absolute Gasteiger partial charge is 0.481 e. The third kappa shape index (κ3) is 3.89. The molecule has 0 radical (unpaired) electrons. The maximum absolute atomic E-state index is 12.2. The fraction of sp³-hybridized carbons (Fsp3) is 0.188. The van der Waals surface area contributed by atoms with Gasteiger partial charge in [0.1, 0.15) is 0 Å². The van der Waals surface area contributed by atoms with Gasteiger partial charge in [-0.25, -0.2) is 9.78 Å². The van der Waals surface area contributed by atoms with Crippen molar-refractivity contribution in [3.63, 3.8) is 0 Å². The van der Waals surface area contributed by atoms with Gasteiger partial charge in [-0.3, -0.25) is 0 Å². The van der Waals surface area contributed by atoms with Crippen LogP contribution >= 0.6 is 0 Å². The van der Waals surface area contributed by atoms with Crippen LogP contribution in [0.2, 0.25) is 0 Å². The number of para-hydroxylation sites is 1. The third-order valence-electron chi connectivity index (χ3n) is 3.43. The van der Waals surface area contributed by atoms with E-state index in [1.54, 1.807) is 23.7 Å². The lowest BCUT2D eigenvalue weighted by Gasteiger charge is -2.14. The van der Waals surface area contributed by atoms with Gasteiger partial charge in [-0.05, 0) is 35.5 Å². The molecule has 2 amide bonds. The SMILES string of the molecule is COc1ccc(NC(=O)NC(C)c2nnnn2-c2ccccc2)cn1. The quantitative estimate of drug-likeness (QED) is 0.736. The highest BCUT2D eigenvalue weighted by atomic mass is 16.5.